The molecule has 4 rings (SSSR count). The van der Waals surface area contributed by atoms with Crippen molar-refractivity contribution in [3.05, 3.63) is 43.5 Å². The fourth-order valence-electron chi connectivity index (χ4n) is 3.28. The third-order valence-electron chi connectivity index (χ3n) is 4.94. The molecule has 0 spiro atoms. The summed E-state index contributed by atoms with van der Waals surface area (Å²) in [5.74, 6) is -0.623. The molecule has 1 atom stereocenters. The zero-order chi connectivity index (χ0) is 22.0. The van der Waals surface area contributed by atoms with Crippen LogP contribution in [0.3, 0.4) is 0 Å². The number of halogens is 4. The minimum Gasteiger partial charge on any atom is -0.271 e. The van der Waals surface area contributed by atoms with Gasteiger partial charge >= 0.3 is 6.18 Å². The first-order valence-electron chi connectivity index (χ1n) is 9.14. The zero-order valence-corrected chi connectivity index (χ0v) is 17.7. The predicted molar refractivity (Wildman–Crippen MR) is 107 cm³/mol. The highest BCUT2D eigenvalue weighted by molar-refractivity contribution is 7.18. The average Bonchev–Trinajstić information content (AvgIpc) is 3.32. The fraction of sp³-hybridized carbons (Fsp3) is 0.444. The van der Waals surface area contributed by atoms with Gasteiger partial charge in [-0.2, -0.15) is 18.3 Å². The molecule has 0 aliphatic heterocycles. The number of nitrogens with zero attached hydrogens (tertiary/aromatic N) is 4. The highest BCUT2D eigenvalue weighted by atomic mass is 35.5. The third kappa shape index (κ3) is 3.49. The largest absolute Gasteiger partial charge is 0.436 e. The summed E-state index contributed by atoms with van der Waals surface area (Å²) in [6, 6.07) is 0.551. The van der Waals surface area contributed by atoms with Crippen LogP contribution in [0, 0.1) is 13.8 Å². The molecule has 0 aromatic carbocycles. The van der Waals surface area contributed by atoms with Crippen LogP contribution >= 0.6 is 22.9 Å². The molecule has 3 heterocycles. The Morgan fingerprint density at radius 2 is 2.03 bits per heavy atom. The first-order chi connectivity index (χ1) is 14.0. The van der Waals surface area contributed by atoms with Crippen LogP contribution in [0.4, 0.5) is 13.2 Å². The lowest BCUT2D eigenvalue weighted by molar-refractivity contribution is -0.141. The number of hydrogen-bond donors (Lipinski definition) is 1. The molecular weight excluding hydrogens is 443 g/mol. The molecule has 1 amide bonds. The molecule has 3 aromatic heterocycles. The van der Waals surface area contributed by atoms with Gasteiger partial charge in [-0.3, -0.25) is 19.7 Å². The topological polar surface area (TPSA) is 81.8 Å². The monoisotopic (exact) mass is 459 g/mol. The van der Waals surface area contributed by atoms with Gasteiger partial charge in [0.15, 0.2) is 5.69 Å². The van der Waals surface area contributed by atoms with Crippen molar-refractivity contribution in [2.75, 3.05) is 5.43 Å². The highest BCUT2D eigenvalue weighted by Gasteiger charge is 2.43. The van der Waals surface area contributed by atoms with Crippen molar-refractivity contribution >= 4 is 39.1 Å². The van der Waals surface area contributed by atoms with Crippen LogP contribution in [0.5, 0.6) is 0 Å². The Morgan fingerprint density at radius 3 is 2.63 bits per heavy atom. The van der Waals surface area contributed by atoms with Crippen molar-refractivity contribution in [1.82, 2.24) is 19.4 Å². The first kappa shape index (κ1) is 20.9. The fourth-order valence-corrected chi connectivity index (χ4v) is 4.58. The number of rotatable bonds is 4. The summed E-state index contributed by atoms with van der Waals surface area (Å²) in [5.41, 5.74) is 0.976. The SMILES string of the molecule is Cc1cc2c(=O)n(NC(=O)[C@@H](C)n3nc(C(F)(F)F)c(Cl)c3C3CC3)c(C)nc2s1. The second-order valence-corrected chi connectivity index (χ2v) is 8.90. The van der Waals surface area contributed by atoms with Crippen LogP contribution in [0.1, 0.15) is 53.8 Å². The van der Waals surface area contributed by atoms with Crippen LogP contribution in [0.2, 0.25) is 5.02 Å². The second kappa shape index (κ2) is 7.09. The molecule has 1 aliphatic carbocycles. The number of carbonyl (C=O) groups is 1. The Bertz CT molecular complexity index is 1230. The lowest BCUT2D eigenvalue weighted by Crippen LogP contribution is -2.38. The molecule has 1 aliphatic rings. The number of thiophene rings is 1. The lowest BCUT2D eigenvalue weighted by atomic mass is 10.2. The Balaban J connectivity index is 1.70. The molecule has 1 N–H and O–H groups in total. The summed E-state index contributed by atoms with van der Waals surface area (Å²) < 4.78 is 41.9. The van der Waals surface area contributed by atoms with E-state index in [0.717, 1.165) is 14.2 Å². The van der Waals surface area contributed by atoms with Gasteiger partial charge in [-0.15, -0.1) is 11.3 Å². The van der Waals surface area contributed by atoms with E-state index in [1.165, 1.54) is 18.3 Å². The van der Waals surface area contributed by atoms with Gasteiger partial charge < -0.3 is 0 Å². The van der Waals surface area contributed by atoms with E-state index < -0.39 is 34.4 Å². The molecule has 0 bridgehead atoms. The van der Waals surface area contributed by atoms with E-state index in [2.05, 4.69) is 15.5 Å². The van der Waals surface area contributed by atoms with E-state index in [9.17, 15) is 22.8 Å². The maximum atomic E-state index is 13.3. The maximum Gasteiger partial charge on any atom is 0.436 e. The summed E-state index contributed by atoms with van der Waals surface area (Å²) in [7, 11) is 0. The molecule has 1 saturated carbocycles. The van der Waals surface area contributed by atoms with Gasteiger partial charge in [0.05, 0.1) is 16.1 Å². The molecule has 0 unspecified atom stereocenters. The van der Waals surface area contributed by atoms with E-state index in [0.29, 0.717) is 23.1 Å². The molecule has 0 saturated heterocycles. The Morgan fingerprint density at radius 1 is 1.37 bits per heavy atom. The molecule has 3 aromatic rings. The maximum absolute atomic E-state index is 13.3. The van der Waals surface area contributed by atoms with Crippen molar-refractivity contribution in [3.8, 4) is 0 Å². The zero-order valence-electron chi connectivity index (χ0n) is 16.2. The number of fused-ring (bicyclic) bond motifs is 1. The van der Waals surface area contributed by atoms with Crippen molar-refractivity contribution in [3.63, 3.8) is 0 Å². The number of hydrogen-bond acceptors (Lipinski definition) is 5. The minimum absolute atomic E-state index is 0.174. The highest BCUT2D eigenvalue weighted by Crippen LogP contribution is 2.47. The smallest absolute Gasteiger partial charge is 0.271 e. The van der Waals surface area contributed by atoms with Crippen LogP contribution in [0.25, 0.3) is 10.2 Å². The molecule has 12 heteroatoms. The minimum atomic E-state index is -4.73. The number of nitrogens with one attached hydrogen (secondary N) is 1. The van der Waals surface area contributed by atoms with E-state index in [1.54, 1.807) is 13.0 Å². The molecule has 1 fully saturated rings. The first-order valence-corrected chi connectivity index (χ1v) is 10.3. The third-order valence-corrected chi connectivity index (χ3v) is 6.26. The standard InChI is InChI=1S/C18H17ClF3N5O2S/c1-7-6-11-16(30-7)23-9(3)27(17(11)29)25-15(28)8(2)26-13(10-4-5-10)12(19)14(24-26)18(20,21)22/h6,8,10H,4-5H2,1-3H3,(H,25,28)/t8-/m1/s1. The van der Waals surface area contributed by atoms with Crippen molar-refractivity contribution in [2.45, 2.75) is 51.7 Å². The summed E-state index contributed by atoms with van der Waals surface area (Å²) >= 11 is 7.33. The van der Waals surface area contributed by atoms with E-state index in [4.69, 9.17) is 11.6 Å². The number of aryl methyl sites for hydroxylation is 2. The molecule has 160 valence electrons. The van der Waals surface area contributed by atoms with Gasteiger partial charge in [0.2, 0.25) is 0 Å². The van der Waals surface area contributed by atoms with Gasteiger partial charge in [-0.1, -0.05) is 11.6 Å². The lowest BCUT2D eigenvalue weighted by Gasteiger charge is -2.17. The van der Waals surface area contributed by atoms with Crippen molar-refractivity contribution in [1.29, 1.82) is 0 Å². The van der Waals surface area contributed by atoms with Gasteiger partial charge in [-0.25, -0.2) is 9.66 Å². The Labute approximate surface area is 177 Å². The predicted octanol–water partition coefficient (Wildman–Crippen LogP) is 4.15. The van der Waals surface area contributed by atoms with Crippen molar-refractivity contribution < 1.29 is 18.0 Å². The summed E-state index contributed by atoms with van der Waals surface area (Å²) in [5, 5.41) is 3.48. The molecule has 30 heavy (non-hydrogen) atoms. The number of amides is 1. The Hall–Kier alpha value is -2.40. The molecule has 7 nitrogen and oxygen atoms in total. The van der Waals surface area contributed by atoms with Crippen molar-refractivity contribution in [2.24, 2.45) is 0 Å². The summed E-state index contributed by atoms with van der Waals surface area (Å²) in [4.78, 5) is 31.4. The Kier molecular flexibility index (Phi) is 4.93. The number of aromatic nitrogens is 4. The van der Waals surface area contributed by atoms with Gasteiger partial charge in [0.1, 0.15) is 16.7 Å². The van der Waals surface area contributed by atoms with Gasteiger partial charge in [0.25, 0.3) is 11.5 Å². The van der Waals surface area contributed by atoms with Crippen LogP contribution in [-0.2, 0) is 11.0 Å². The van der Waals surface area contributed by atoms with Crippen LogP contribution in [-0.4, -0.2) is 25.3 Å². The van der Waals surface area contributed by atoms with Crippen LogP contribution < -0.4 is 11.0 Å². The van der Waals surface area contributed by atoms with Gasteiger partial charge in [0, 0.05) is 10.8 Å². The van der Waals surface area contributed by atoms with E-state index in [-0.39, 0.29) is 17.4 Å². The van der Waals surface area contributed by atoms with E-state index in [1.807, 2.05) is 6.92 Å². The molecule has 0 radical (unpaired) electrons. The summed E-state index contributed by atoms with van der Waals surface area (Å²) in [6.07, 6.45) is -3.39. The number of carbonyl (C=O) groups excluding carboxylic acids is 1. The second-order valence-electron chi connectivity index (χ2n) is 7.29. The normalized spacial score (nSPS) is 15.6. The number of alkyl halides is 3. The van der Waals surface area contributed by atoms with E-state index >= 15 is 0 Å². The molecular formula is C18H17ClF3N5O2S. The van der Waals surface area contributed by atoms with Gasteiger partial charge in [-0.05, 0) is 39.7 Å². The average molecular weight is 460 g/mol. The quantitative estimate of drug-likeness (QED) is 0.635. The van der Waals surface area contributed by atoms with Crippen LogP contribution in [0.15, 0.2) is 10.9 Å². The summed E-state index contributed by atoms with van der Waals surface area (Å²) in [6.45, 7) is 4.81.